The van der Waals surface area contributed by atoms with Gasteiger partial charge in [-0.15, -0.1) is 16.4 Å². The SMILES string of the molecule is C[C@]12C=CC(=O)C=C1CC[C@@H]1[C@@H]2[C@@H](O)C[C@@]2(C)[C@H]1C[C@H]1O[C@@H](c3ccc(Cc4cnc(NC(=O)OCc5ccc(O[C@@H]6O[C@H](C(=O)O)[C@@H](O)[C@H](O)[C@H]6O)c(NC(=O)CCNC(=O)CCC(=O)ON6C(=O)CCC6=O)c5)s4)cc3)O[C@]12C(=O)CO. The number of ether oxygens (including phenoxy) is 5. The van der Waals surface area contributed by atoms with E-state index in [1.54, 1.807) is 18.3 Å². The first-order valence-electron chi connectivity index (χ1n) is 27.4. The number of hydrogen-bond acceptors (Lipinski definition) is 22. The number of rotatable bonds is 19. The van der Waals surface area contributed by atoms with E-state index < -0.39 is 133 Å². The number of carboxylic acids is 1. The van der Waals surface area contributed by atoms with E-state index in [0.717, 1.165) is 22.4 Å². The lowest BCUT2D eigenvalue weighted by molar-refractivity contribution is -0.271. The second-order valence-corrected chi connectivity index (χ2v) is 23.6. The Kier molecular flexibility index (Phi) is 17.1. The molecule has 3 saturated carbocycles. The van der Waals surface area contributed by atoms with Crippen molar-refractivity contribution in [3.05, 3.63) is 94.0 Å². The van der Waals surface area contributed by atoms with E-state index in [2.05, 4.69) is 27.9 Å². The number of carbonyl (C=O) groups excluding carboxylic acids is 8. The van der Waals surface area contributed by atoms with Gasteiger partial charge in [0.15, 0.2) is 34.7 Å². The number of benzene rings is 2. The van der Waals surface area contributed by atoms with Gasteiger partial charge in [0, 0.05) is 72.0 Å². The topological polar surface area (TPSA) is 383 Å². The van der Waals surface area contributed by atoms with Gasteiger partial charge in [0.2, 0.25) is 18.1 Å². The number of aliphatic hydroxyl groups is 5. The van der Waals surface area contributed by atoms with Crippen LogP contribution in [0.2, 0.25) is 0 Å². The molecule has 0 spiro atoms. The first-order valence-corrected chi connectivity index (χ1v) is 28.3. The third-order valence-corrected chi connectivity index (χ3v) is 18.3. The van der Waals surface area contributed by atoms with Crippen LogP contribution in [-0.2, 0) is 75.2 Å². The van der Waals surface area contributed by atoms with Crippen molar-refractivity contribution in [2.45, 2.75) is 139 Å². The number of anilines is 2. The molecule has 448 valence electrons. The number of aliphatic carboxylic acids is 1. The van der Waals surface area contributed by atoms with E-state index in [1.807, 2.05) is 37.3 Å². The van der Waals surface area contributed by atoms with Crippen LogP contribution in [0.3, 0.4) is 0 Å². The van der Waals surface area contributed by atoms with Crippen molar-refractivity contribution >= 4 is 75.4 Å². The number of amides is 5. The predicted octanol–water partition coefficient (Wildman–Crippen LogP) is 2.19. The molecule has 4 heterocycles. The Morgan fingerprint density at radius 1 is 0.869 bits per heavy atom. The average Bonchev–Trinajstić information content (AvgIpc) is 1.47. The quantitative estimate of drug-likeness (QED) is 0.0777. The minimum Gasteiger partial charge on any atom is -0.479 e. The van der Waals surface area contributed by atoms with Gasteiger partial charge in [-0.3, -0.25) is 34.1 Å². The van der Waals surface area contributed by atoms with Gasteiger partial charge >= 0.3 is 18.0 Å². The van der Waals surface area contributed by atoms with Crippen LogP contribution in [-0.4, -0.2) is 156 Å². The van der Waals surface area contributed by atoms with Crippen molar-refractivity contribution in [2.75, 3.05) is 23.8 Å². The molecule has 5 amide bonds. The smallest absolute Gasteiger partial charge is 0.413 e. The molecular formula is C57H63N5O21S. The first-order chi connectivity index (χ1) is 40.0. The summed E-state index contributed by atoms with van der Waals surface area (Å²) in [7, 11) is 0. The Labute approximate surface area is 483 Å². The van der Waals surface area contributed by atoms with Gasteiger partial charge in [-0.1, -0.05) is 55.8 Å². The standard InChI is InChI=1S/C57H63N5O21S/c1-55-17-15-31(64)21-30(55)8-9-33-34-22-39-57(38(66)25-63,56(34,2)23-36(65)45(33)55)82-51(80-39)29-6-3-27(4-7-29)19-32-24-59-53(84-32)61-54(77)78-26-28-5-10-37(79-52-48(74)46(72)47(73)49(81-52)50(75)76)35(20-28)60-41(68)16-18-58-40(67)11-14-44(71)83-62-42(69)12-13-43(62)70/h3-7,10,15,17,20-21,24,33-34,36,39,45-49,51-52,63,65,72-74H,8-9,11-14,16,18-19,22-23,25-26H2,1-2H3,(H,58,67)(H,60,68)(H,75,76)(H,59,61,77)/t33-,34-,36-,39+,45+,46-,47-,48+,49-,51+,52+,55-,56-,57+/m0/s1. The monoisotopic (exact) mass is 1190 g/mol. The number of carboxylic acid groups (broad SMARTS) is 1. The van der Waals surface area contributed by atoms with E-state index in [1.165, 1.54) is 29.5 Å². The highest BCUT2D eigenvalue weighted by atomic mass is 32.1. The number of nitrogens with zero attached hydrogens (tertiary/aromatic N) is 2. The molecule has 26 nitrogen and oxygen atoms in total. The summed E-state index contributed by atoms with van der Waals surface area (Å²) in [5.74, 6) is -6.41. The molecule has 0 bridgehead atoms. The average molecular weight is 1190 g/mol. The number of thiazole rings is 1. The van der Waals surface area contributed by atoms with E-state index in [9.17, 15) is 73.8 Å². The number of Topliss-reactive ketones (excluding diaryl/α,β-unsaturated/α-hetero) is 1. The number of aromatic nitrogens is 1. The lowest BCUT2D eigenvalue weighted by atomic mass is 9.46. The Hall–Kier alpha value is -7.34. The Morgan fingerprint density at radius 2 is 1.61 bits per heavy atom. The first kappa shape index (κ1) is 59.8. The summed E-state index contributed by atoms with van der Waals surface area (Å²) in [6, 6.07) is 11.4. The van der Waals surface area contributed by atoms with Crippen molar-refractivity contribution < 1.29 is 102 Å². The molecule has 4 aliphatic carbocycles. The molecule has 0 radical (unpaired) electrons. The highest BCUT2D eigenvalue weighted by molar-refractivity contribution is 7.15. The molecule has 9 N–H and O–H groups in total. The van der Waals surface area contributed by atoms with Crippen LogP contribution in [0.15, 0.2) is 72.5 Å². The van der Waals surface area contributed by atoms with Crippen molar-refractivity contribution in [2.24, 2.45) is 28.6 Å². The molecule has 14 atom stereocenters. The molecule has 27 heteroatoms. The lowest BCUT2D eigenvalue weighted by Crippen LogP contribution is -2.63. The lowest BCUT2D eigenvalue weighted by Gasteiger charge is -2.59. The Balaban J connectivity index is 0.736. The van der Waals surface area contributed by atoms with Crippen molar-refractivity contribution in [1.82, 2.24) is 15.4 Å². The summed E-state index contributed by atoms with van der Waals surface area (Å²) in [5.41, 5.74) is -0.179. The highest BCUT2D eigenvalue weighted by Gasteiger charge is 2.76. The maximum Gasteiger partial charge on any atom is 0.413 e. The van der Waals surface area contributed by atoms with Gasteiger partial charge in [0.25, 0.3) is 11.8 Å². The molecule has 84 heavy (non-hydrogen) atoms. The molecule has 6 fully saturated rings. The molecule has 2 aromatic carbocycles. The number of allylic oxidation sites excluding steroid dienone is 4. The van der Waals surface area contributed by atoms with Crippen LogP contribution in [0, 0.1) is 28.6 Å². The number of nitrogens with one attached hydrogen (secondary N) is 3. The number of hydroxylamine groups is 2. The number of carbonyl (C=O) groups is 9. The van der Waals surface area contributed by atoms with Gasteiger partial charge in [-0.05, 0) is 72.9 Å². The van der Waals surface area contributed by atoms with Gasteiger partial charge in [0.1, 0.15) is 37.3 Å². The van der Waals surface area contributed by atoms with E-state index in [4.69, 9.17) is 28.5 Å². The molecule has 3 saturated heterocycles. The summed E-state index contributed by atoms with van der Waals surface area (Å²) < 4.78 is 29.8. The molecule has 1 aromatic heterocycles. The highest BCUT2D eigenvalue weighted by Crippen LogP contribution is 2.70. The maximum absolute atomic E-state index is 14.0. The van der Waals surface area contributed by atoms with Crippen molar-refractivity contribution in [3.63, 3.8) is 0 Å². The summed E-state index contributed by atoms with van der Waals surface area (Å²) in [6.45, 7) is 2.67. The number of ketones is 2. The molecule has 7 aliphatic rings. The van der Waals surface area contributed by atoms with Crippen LogP contribution in [0.5, 0.6) is 5.75 Å². The third kappa shape index (κ3) is 11.5. The van der Waals surface area contributed by atoms with Gasteiger partial charge in [-0.25, -0.2) is 19.4 Å². The fraction of sp³-hybridized carbons (Fsp3) is 0.509. The maximum atomic E-state index is 14.0. The van der Waals surface area contributed by atoms with E-state index in [0.29, 0.717) is 29.9 Å². The van der Waals surface area contributed by atoms with Crippen LogP contribution < -0.4 is 20.7 Å². The van der Waals surface area contributed by atoms with Crippen molar-refractivity contribution in [3.8, 4) is 5.75 Å². The second kappa shape index (κ2) is 24.0. The fourth-order valence-electron chi connectivity index (χ4n) is 13.3. The zero-order chi connectivity index (χ0) is 60.0. The van der Waals surface area contributed by atoms with Crippen LogP contribution in [0.1, 0.15) is 99.5 Å². The minimum atomic E-state index is -2.02. The number of hydrogen-bond donors (Lipinski definition) is 9. The summed E-state index contributed by atoms with van der Waals surface area (Å²) >= 11 is 1.18. The normalized spacial score (nSPS) is 32.1. The predicted molar refractivity (Wildman–Crippen MR) is 286 cm³/mol. The molecule has 3 aromatic rings. The summed E-state index contributed by atoms with van der Waals surface area (Å²) in [5, 5.41) is 71.2. The van der Waals surface area contributed by atoms with Crippen LogP contribution in [0.25, 0.3) is 0 Å². The Bertz CT molecular complexity index is 3190. The Morgan fingerprint density at radius 3 is 2.33 bits per heavy atom. The van der Waals surface area contributed by atoms with Crippen LogP contribution >= 0.6 is 11.3 Å². The molecule has 0 unspecified atom stereocenters. The minimum absolute atomic E-state index is 0.0151. The summed E-state index contributed by atoms with van der Waals surface area (Å²) in [6.07, 6.45) is -5.27. The van der Waals surface area contributed by atoms with E-state index in [-0.39, 0.29) is 84.5 Å². The number of aliphatic hydroxyl groups excluding tert-OH is 5. The second-order valence-electron chi connectivity index (χ2n) is 22.5. The fourth-order valence-corrected chi connectivity index (χ4v) is 14.2. The zero-order valence-electron chi connectivity index (χ0n) is 45.5. The molecular weight excluding hydrogens is 1120 g/mol. The van der Waals surface area contributed by atoms with Gasteiger partial charge in [-0.2, -0.15) is 0 Å². The van der Waals surface area contributed by atoms with E-state index >= 15 is 0 Å². The van der Waals surface area contributed by atoms with Crippen molar-refractivity contribution in [1.29, 1.82) is 0 Å². The van der Waals surface area contributed by atoms with Gasteiger partial charge < -0.3 is 69.8 Å². The van der Waals surface area contributed by atoms with Gasteiger partial charge in [0.05, 0.1) is 24.3 Å². The summed E-state index contributed by atoms with van der Waals surface area (Å²) in [4.78, 5) is 122. The number of imide groups is 1. The van der Waals surface area contributed by atoms with Crippen LogP contribution in [0.4, 0.5) is 15.6 Å². The zero-order valence-corrected chi connectivity index (χ0v) is 46.3. The third-order valence-electron chi connectivity index (χ3n) is 17.4. The largest absolute Gasteiger partial charge is 0.479 e. The molecule has 3 aliphatic heterocycles. The number of fused-ring (bicyclic) bond motifs is 7. The molecule has 10 rings (SSSR count).